The topological polar surface area (TPSA) is 66.5 Å². The van der Waals surface area contributed by atoms with Crippen LogP contribution in [0.1, 0.15) is 35.3 Å². The van der Waals surface area contributed by atoms with Crippen molar-refractivity contribution in [2.24, 2.45) is 0 Å². The molecule has 8 heteroatoms. The number of nitrogens with one attached hydrogen (secondary N) is 1. The third-order valence-corrected chi connectivity index (χ3v) is 7.60. The number of aryl methyl sites for hydroxylation is 1. The third-order valence-electron chi connectivity index (χ3n) is 4.54. The van der Waals surface area contributed by atoms with Crippen molar-refractivity contribution in [1.29, 1.82) is 0 Å². The van der Waals surface area contributed by atoms with Crippen molar-refractivity contribution in [2.75, 3.05) is 25.4 Å². The van der Waals surface area contributed by atoms with Crippen LogP contribution in [0.2, 0.25) is 0 Å². The number of benzene rings is 2. The van der Waals surface area contributed by atoms with E-state index in [0.717, 1.165) is 0 Å². The molecule has 0 bridgehead atoms. The van der Waals surface area contributed by atoms with Gasteiger partial charge in [0.25, 0.3) is 5.91 Å². The molecule has 29 heavy (non-hydrogen) atoms. The van der Waals surface area contributed by atoms with Gasteiger partial charge in [-0.25, -0.2) is 12.8 Å². The summed E-state index contributed by atoms with van der Waals surface area (Å²) in [6.45, 7) is 6.48. The number of hydrogen-bond acceptors (Lipinski definition) is 4. The van der Waals surface area contributed by atoms with E-state index < -0.39 is 10.0 Å². The predicted octanol–water partition coefficient (Wildman–Crippen LogP) is 3.83. The Kier molecular flexibility index (Phi) is 8.67. The van der Waals surface area contributed by atoms with E-state index >= 15 is 0 Å². The summed E-state index contributed by atoms with van der Waals surface area (Å²) in [7, 11) is -3.62. The van der Waals surface area contributed by atoms with Crippen molar-refractivity contribution in [2.45, 2.75) is 31.4 Å². The first-order valence-corrected chi connectivity index (χ1v) is 12.1. The zero-order valence-corrected chi connectivity index (χ0v) is 18.6. The monoisotopic (exact) mass is 438 g/mol. The Bertz CT molecular complexity index is 945. The number of amides is 1. The van der Waals surface area contributed by atoms with Gasteiger partial charge in [-0.1, -0.05) is 38.1 Å². The SMILES string of the molecule is CCN(CC)S(=O)(=O)c1ccc(C)c(C(=O)NCCSCc2ccccc2F)c1. The average molecular weight is 439 g/mol. The highest BCUT2D eigenvalue weighted by Gasteiger charge is 2.23. The first kappa shape index (κ1) is 23.4. The summed E-state index contributed by atoms with van der Waals surface area (Å²) in [5.41, 5.74) is 1.69. The second kappa shape index (κ2) is 10.8. The van der Waals surface area contributed by atoms with E-state index in [1.54, 1.807) is 45.0 Å². The zero-order valence-electron chi connectivity index (χ0n) is 16.9. The van der Waals surface area contributed by atoms with Crippen LogP contribution in [0.25, 0.3) is 0 Å². The Balaban J connectivity index is 1.97. The van der Waals surface area contributed by atoms with E-state index in [4.69, 9.17) is 0 Å². The van der Waals surface area contributed by atoms with Gasteiger partial charge in [0.05, 0.1) is 4.90 Å². The molecule has 0 aliphatic heterocycles. The van der Waals surface area contributed by atoms with Crippen LogP contribution >= 0.6 is 11.8 Å². The van der Waals surface area contributed by atoms with Crippen LogP contribution in [0, 0.1) is 12.7 Å². The maximum absolute atomic E-state index is 13.6. The maximum atomic E-state index is 13.6. The summed E-state index contributed by atoms with van der Waals surface area (Å²) in [5, 5.41) is 2.81. The molecule has 0 heterocycles. The fourth-order valence-corrected chi connectivity index (χ4v) is 5.18. The Morgan fingerprint density at radius 3 is 2.48 bits per heavy atom. The summed E-state index contributed by atoms with van der Waals surface area (Å²) < 4.78 is 40.4. The lowest BCUT2D eigenvalue weighted by molar-refractivity contribution is 0.0955. The molecule has 0 unspecified atom stereocenters. The van der Waals surface area contributed by atoms with Gasteiger partial charge < -0.3 is 5.32 Å². The predicted molar refractivity (Wildman–Crippen MR) is 116 cm³/mol. The van der Waals surface area contributed by atoms with Crippen LogP contribution in [0.5, 0.6) is 0 Å². The Labute approximate surface area is 176 Å². The van der Waals surface area contributed by atoms with Gasteiger partial charge in [0.1, 0.15) is 5.82 Å². The Hall–Kier alpha value is -1.90. The molecule has 2 aromatic rings. The highest BCUT2D eigenvalue weighted by molar-refractivity contribution is 7.98. The van der Waals surface area contributed by atoms with E-state index in [-0.39, 0.29) is 16.6 Å². The number of carbonyl (C=O) groups is 1. The zero-order chi connectivity index (χ0) is 21.4. The van der Waals surface area contributed by atoms with Gasteiger partial charge in [-0.15, -0.1) is 0 Å². The van der Waals surface area contributed by atoms with Gasteiger partial charge >= 0.3 is 0 Å². The van der Waals surface area contributed by atoms with Crippen LogP contribution in [0.15, 0.2) is 47.4 Å². The number of rotatable bonds is 10. The lowest BCUT2D eigenvalue weighted by atomic mass is 10.1. The molecule has 1 amide bonds. The van der Waals surface area contributed by atoms with E-state index in [1.807, 2.05) is 0 Å². The van der Waals surface area contributed by atoms with E-state index in [0.29, 0.717) is 47.8 Å². The minimum atomic E-state index is -3.62. The van der Waals surface area contributed by atoms with Crippen molar-refractivity contribution >= 4 is 27.7 Å². The standard InChI is InChI=1S/C21H27FN2O3S2/c1-4-24(5-2)29(26,27)18-11-10-16(3)19(14-18)21(25)23-12-13-28-15-17-8-6-7-9-20(17)22/h6-11,14H,4-5,12-13,15H2,1-3H3,(H,23,25). The minimum absolute atomic E-state index is 0.117. The molecule has 0 aliphatic carbocycles. The number of halogens is 1. The van der Waals surface area contributed by atoms with Crippen molar-refractivity contribution in [3.63, 3.8) is 0 Å². The molecule has 0 atom stereocenters. The quantitative estimate of drug-likeness (QED) is 0.573. The van der Waals surface area contributed by atoms with E-state index in [9.17, 15) is 17.6 Å². The maximum Gasteiger partial charge on any atom is 0.251 e. The van der Waals surface area contributed by atoms with Crippen LogP contribution < -0.4 is 5.32 Å². The molecule has 0 fully saturated rings. The lowest BCUT2D eigenvalue weighted by Gasteiger charge is -2.19. The fourth-order valence-electron chi connectivity index (χ4n) is 2.85. The van der Waals surface area contributed by atoms with Crippen LogP contribution in [0.3, 0.4) is 0 Å². The number of thioether (sulfide) groups is 1. The Morgan fingerprint density at radius 2 is 1.83 bits per heavy atom. The molecule has 0 aromatic heterocycles. The van der Waals surface area contributed by atoms with Gasteiger partial charge in [0.15, 0.2) is 0 Å². The normalized spacial score (nSPS) is 11.6. The van der Waals surface area contributed by atoms with Gasteiger partial charge in [0, 0.05) is 36.7 Å². The molecule has 5 nitrogen and oxygen atoms in total. The number of nitrogens with zero attached hydrogens (tertiary/aromatic N) is 1. The van der Waals surface area contributed by atoms with Crippen molar-refractivity contribution in [3.05, 3.63) is 65.0 Å². The van der Waals surface area contributed by atoms with Gasteiger partial charge in [-0.05, 0) is 36.2 Å². The molecule has 0 spiro atoms. The lowest BCUT2D eigenvalue weighted by Crippen LogP contribution is -2.31. The third kappa shape index (κ3) is 6.04. The molecular weight excluding hydrogens is 411 g/mol. The van der Waals surface area contributed by atoms with Crippen molar-refractivity contribution in [1.82, 2.24) is 9.62 Å². The van der Waals surface area contributed by atoms with Crippen molar-refractivity contribution < 1.29 is 17.6 Å². The molecule has 0 saturated carbocycles. The Morgan fingerprint density at radius 1 is 1.14 bits per heavy atom. The second-order valence-corrected chi connectivity index (χ2v) is 9.51. The highest BCUT2D eigenvalue weighted by atomic mass is 32.2. The number of hydrogen-bond donors (Lipinski definition) is 1. The number of carbonyl (C=O) groups excluding carboxylic acids is 1. The molecular formula is C21H27FN2O3S2. The van der Waals surface area contributed by atoms with Gasteiger partial charge in [-0.3, -0.25) is 4.79 Å². The molecule has 0 aliphatic rings. The van der Waals surface area contributed by atoms with Crippen LogP contribution in [-0.4, -0.2) is 44.0 Å². The summed E-state index contributed by atoms with van der Waals surface area (Å²) >= 11 is 1.52. The molecule has 158 valence electrons. The first-order valence-electron chi connectivity index (χ1n) is 9.51. The summed E-state index contributed by atoms with van der Waals surface area (Å²) in [5.74, 6) is 0.604. The largest absolute Gasteiger partial charge is 0.351 e. The molecule has 0 saturated heterocycles. The molecule has 2 rings (SSSR count). The van der Waals surface area contributed by atoms with Gasteiger partial charge in [-0.2, -0.15) is 16.1 Å². The molecule has 0 radical (unpaired) electrons. The van der Waals surface area contributed by atoms with Crippen LogP contribution in [0.4, 0.5) is 4.39 Å². The first-order chi connectivity index (χ1) is 13.8. The highest BCUT2D eigenvalue weighted by Crippen LogP contribution is 2.20. The van der Waals surface area contributed by atoms with Gasteiger partial charge in [0.2, 0.25) is 10.0 Å². The summed E-state index contributed by atoms with van der Waals surface area (Å²) in [4.78, 5) is 12.7. The molecule has 2 aromatic carbocycles. The van der Waals surface area contributed by atoms with Crippen LogP contribution in [-0.2, 0) is 15.8 Å². The fraction of sp³-hybridized carbons (Fsp3) is 0.381. The second-order valence-electron chi connectivity index (χ2n) is 6.47. The summed E-state index contributed by atoms with van der Waals surface area (Å²) in [6, 6.07) is 11.2. The smallest absolute Gasteiger partial charge is 0.251 e. The number of sulfonamides is 1. The van der Waals surface area contributed by atoms with E-state index in [1.165, 1.54) is 34.3 Å². The van der Waals surface area contributed by atoms with E-state index in [2.05, 4.69) is 5.32 Å². The van der Waals surface area contributed by atoms with Crippen molar-refractivity contribution in [3.8, 4) is 0 Å². The average Bonchev–Trinajstić information content (AvgIpc) is 2.69. The minimum Gasteiger partial charge on any atom is -0.351 e. The summed E-state index contributed by atoms with van der Waals surface area (Å²) in [6.07, 6.45) is 0. The molecule has 1 N–H and O–H groups in total.